The second-order valence-corrected chi connectivity index (χ2v) is 3.92. The number of carboxylic acids is 1. The minimum Gasteiger partial charge on any atom is -0.477 e. The molecule has 0 fully saturated rings. The third-order valence-electron chi connectivity index (χ3n) is 2.02. The Morgan fingerprint density at radius 2 is 2.11 bits per heavy atom. The van der Waals surface area contributed by atoms with E-state index in [-0.39, 0.29) is 22.0 Å². The maximum atomic E-state index is 10.9. The Morgan fingerprint density at radius 3 is 2.58 bits per heavy atom. The quantitative estimate of drug-likeness (QED) is 0.498. The third kappa shape index (κ3) is 4.07. The van der Waals surface area contributed by atoms with Crippen LogP contribution in [0.15, 0.2) is 23.9 Å². The van der Waals surface area contributed by atoms with Gasteiger partial charge >= 0.3 is 5.97 Å². The van der Waals surface area contributed by atoms with Gasteiger partial charge in [0.15, 0.2) is 0 Å². The van der Waals surface area contributed by atoms with Gasteiger partial charge in [0.25, 0.3) is 5.69 Å². The monoisotopic (exact) mass is 284 g/mol. The number of carbonyl (C=O) groups is 2. The average molecular weight is 285 g/mol. The Kier molecular flexibility index (Phi) is 4.60. The van der Waals surface area contributed by atoms with Crippen molar-refractivity contribution in [1.82, 2.24) is 5.32 Å². The molecule has 2 N–H and O–H groups in total. The van der Waals surface area contributed by atoms with Gasteiger partial charge in [-0.1, -0.05) is 17.7 Å². The van der Waals surface area contributed by atoms with Gasteiger partial charge < -0.3 is 10.4 Å². The topological polar surface area (TPSA) is 110 Å². The average Bonchev–Trinajstić information content (AvgIpc) is 2.29. The highest BCUT2D eigenvalue weighted by atomic mass is 35.5. The largest absolute Gasteiger partial charge is 0.477 e. The van der Waals surface area contributed by atoms with E-state index in [2.05, 4.69) is 5.32 Å². The second kappa shape index (κ2) is 5.96. The summed E-state index contributed by atoms with van der Waals surface area (Å²) in [6, 6.07) is 3.80. The number of rotatable bonds is 4. The van der Waals surface area contributed by atoms with Crippen LogP contribution in [0.1, 0.15) is 12.5 Å². The fourth-order valence-corrected chi connectivity index (χ4v) is 1.45. The first-order chi connectivity index (χ1) is 8.81. The summed E-state index contributed by atoms with van der Waals surface area (Å²) in [5.74, 6) is -1.91. The van der Waals surface area contributed by atoms with Crippen molar-refractivity contribution in [2.75, 3.05) is 0 Å². The number of hydrogen-bond acceptors (Lipinski definition) is 4. The molecule has 0 unspecified atom stereocenters. The number of nitro benzene ring substituents is 1. The van der Waals surface area contributed by atoms with E-state index in [1.54, 1.807) is 0 Å². The molecule has 100 valence electrons. The number of amides is 1. The molecule has 1 aromatic carbocycles. The predicted octanol–water partition coefficient (Wildman–Crippen LogP) is 1.81. The highest BCUT2D eigenvalue weighted by molar-refractivity contribution is 6.32. The second-order valence-electron chi connectivity index (χ2n) is 3.51. The predicted molar refractivity (Wildman–Crippen MR) is 67.5 cm³/mol. The third-order valence-corrected chi connectivity index (χ3v) is 2.34. The van der Waals surface area contributed by atoms with Crippen LogP contribution in [0.3, 0.4) is 0 Å². The van der Waals surface area contributed by atoms with E-state index < -0.39 is 16.8 Å². The number of carbonyl (C=O) groups excluding carboxylic acids is 1. The molecule has 1 aromatic rings. The van der Waals surface area contributed by atoms with Crippen molar-refractivity contribution in [3.05, 3.63) is 44.6 Å². The van der Waals surface area contributed by atoms with E-state index in [1.807, 2.05) is 0 Å². The molecule has 0 saturated carbocycles. The van der Waals surface area contributed by atoms with Gasteiger partial charge in [-0.15, -0.1) is 0 Å². The van der Waals surface area contributed by atoms with Crippen molar-refractivity contribution in [1.29, 1.82) is 0 Å². The lowest BCUT2D eigenvalue weighted by Gasteiger charge is -2.03. The maximum Gasteiger partial charge on any atom is 0.352 e. The zero-order valence-electron chi connectivity index (χ0n) is 9.71. The minimum atomic E-state index is -1.35. The molecule has 0 bridgehead atoms. The molecule has 0 aromatic heterocycles. The van der Waals surface area contributed by atoms with Crippen LogP contribution in [0.4, 0.5) is 5.69 Å². The summed E-state index contributed by atoms with van der Waals surface area (Å²) in [5, 5.41) is 21.6. The van der Waals surface area contributed by atoms with Gasteiger partial charge in [-0.05, 0) is 17.7 Å². The Morgan fingerprint density at radius 1 is 1.47 bits per heavy atom. The molecule has 1 amide bonds. The number of hydrogen-bond donors (Lipinski definition) is 2. The molecule has 0 spiro atoms. The molecule has 0 heterocycles. The lowest BCUT2D eigenvalue weighted by atomic mass is 10.1. The van der Waals surface area contributed by atoms with Crippen LogP contribution in [-0.2, 0) is 9.59 Å². The minimum absolute atomic E-state index is 0.0569. The Hall–Kier alpha value is -2.41. The van der Waals surface area contributed by atoms with E-state index in [9.17, 15) is 19.7 Å². The summed E-state index contributed by atoms with van der Waals surface area (Å²) in [6.07, 6.45) is 1.10. The van der Waals surface area contributed by atoms with Crippen LogP contribution in [-0.4, -0.2) is 21.9 Å². The number of nitrogens with one attached hydrogen (secondary N) is 1. The number of carboxylic acid groups (broad SMARTS) is 1. The normalized spacial score (nSPS) is 10.9. The van der Waals surface area contributed by atoms with Crippen molar-refractivity contribution in [3.63, 3.8) is 0 Å². The molecular formula is C11H9ClN2O5. The van der Waals surface area contributed by atoms with E-state index in [0.29, 0.717) is 0 Å². The molecule has 0 aliphatic heterocycles. The SMILES string of the molecule is CC(=O)N/C(=C/c1ccc(Cl)c([N+](=O)[O-])c1)C(=O)O. The summed E-state index contributed by atoms with van der Waals surface area (Å²) in [5.41, 5.74) is -0.491. The zero-order chi connectivity index (χ0) is 14.6. The van der Waals surface area contributed by atoms with Crippen molar-refractivity contribution in [2.24, 2.45) is 0 Å². The molecule has 8 heteroatoms. The first-order valence-electron chi connectivity index (χ1n) is 4.97. The van der Waals surface area contributed by atoms with Gasteiger partial charge in [0.2, 0.25) is 5.91 Å². The number of aliphatic carboxylic acids is 1. The number of nitrogens with zero attached hydrogens (tertiary/aromatic N) is 1. The van der Waals surface area contributed by atoms with E-state index in [1.165, 1.54) is 12.1 Å². The van der Waals surface area contributed by atoms with Crippen molar-refractivity contribution in [2.45, 2.75) is 6.92 Å². The summed E-state index contributed by atoms with van der Waals surface area (Å²) in [6.45, 7) is 1.15. The smallest absolute Gasteiger partial charge is 0.352 e. The molecule has 0 atom stereocenters. The number of nitro groups is 1. The van der Waals surface area contributed by atoms with Crippen LogP contribution < -0.4 is 5.32 Å². The first-order valence-corrected chi connectivity index (χ1v) is 5.35. The van der Waals surface area contributed by atoms with Gasteiger partial charge in [0.1, 0.15) is 10.7 Å². The highest BCUT2D eigenvalue weighted by Gasteiger charge is 2.14. The lowest BCUT2D eigenvalue weighted by molar-refractivity contribution is -0.384. The van der Waals surface area contributed by atoms with E-state index >= 15 is 0 Å². The molecule has 0 radical (unpaired) electrons. The number of halogens is 1. The molecule has 7 nitrogen and oxygen atoms in total. The van der Waals surface area contributed by atoms with Crippen LogP contribution in [0.25, 0.3) is 6.08 Å². The first kappa shape index (κ1) is 14.7. The van der Waals surface area contributed by atoms with Crippen molar-refractivity contribution >= 4 is 35.2 Å². The zero-order valence-corrected chi connectivity index (χ0v) is 10.5. The Labute approximate surface area is 112 Å². The Balaban J connectivity index is 3.21. The highest BCUT2D eigenvalue weighted by Crippen LogP contribution is 2.25. The van der Waals surface area contributed by atoms with E-state index in [0.717, 1.165) is 19.1 Å². The summed E-state index contributed by atoms with van der Waals surface area (Å²) in [7, 11) is 0. The van der Waals surface area contributed by atoms with Crippen LogP contribution in [0.2, 0.25) is 5.02 Å². The van der Waals surface area contributed by atoms with Crippen LogP contribution in [0, 0.1) is 10.1 Å². The van der Waals surface area contributed by atoms with Crippen LogP contribution in [0.5, 0.6) is 0 Å². The van der Waals surface area contributed by atoms with Gasteiger partial charge in [0, 0.05) is 13.0 Å². The van der Waals surface area contributed by atoms with Gasteiger partial charge in [-0.25, -0.2) is 4.79 Å². The van der Waals surface area contributed by atoms with Gasteiger partial charge in [0.05, 0.1) is 4.92 Å². The molecule has 0 saturated heterocycles. The summed E-state index contributed by atoms with van der Waals surface area (Å²) in [4.78, 5) is 31.7. The Bertz CT molecular complexity index is 582. The van der Waals surface area contributed by atoms with E-state index in [4.69, 9.17) is 16.7 Å². The fraction of sp³-hybridized carbons (Fsp3) is 0.0909. The summed E-state index contributed by atoms with van der Waals surface area (Å²) < 4.78 is 0. The van der Waals surface area contributed by atoms with Gasteiger partial charge in [-0.2, -0.15) is 0 Å². The molecule has 1 rings (SSSR count). The molecule has 19 heavy (non-hydrogen) atoms. The summed E-state index contributed by atoms with van der Waals surface area (Å²) >= 11 is 5.63. The molecular weight excluding hydrogens is 276 g/mol. The van der Waals surface area contributed by atoms with Crippen molar-refractivity contribution in [3.8, 4) is 0 Å². The maximum absolute atomic E-state index is 10.9. The van der Waals surface area contributed by atoms with Gasteiger partial charge in [-0.3, -0.25) is 14.9 Å². The van der Waals surface area contributed by atoms with Crippen LogP contribution >= 0.6 is 11.6 Å². The molecule has 0 aliphatic rings. The number of benzene rings is 1. The lowest BCUT2D eigenvalue weighted by Crippen LogP contribution is -2.24. The molecule has 0 aliphatic carbocycles. The fourth-order valence-electron chi connectivity index (χ4n) is 1.27. The standard InChI is InChI=1S/C11H9ClN2O5/c1-6(15)13-9(11(16)17)4-7-2-3-8(12)10(5-7)14(18)19/h2-5H,1H3,(H,13,15)(H,16,17)/b9-4+. The van der Waals surface area contributed by atoms with Crippen molar-refractivity contribution < 1.29 is 19.6 Å².